The largest absolute Gasteiger partial charge is 0.393 e. The molecule has 1 saturated heterocycles. The van der Waals surface area contributed by atoms with Gasteiger partial charge in [0.2, 0.25) is 0 Å². The van der Waals surface area contributed by atoms with E-state index in [4.69, 9.17) is 0 Å². The molecule has 1 saturated carbocycles. The summed E-state index contributed by atoms with van der Waals surface area (Å²) >= 11 is 0. The van der Waals surface area contributed by atoms with E-state index in [1.807, 2.05) is 6.92 Å². The molecule has 2 nitrogen and oxygen atoms in total. The van der Waals surface area contributed by atoms with Crippen LogP contribution in [0.5, 0.6) is 0 Å². The van der Waals surface area contributed by atoms with E-state index < -0.39 is 0 Å². The second-order valence-electron chi connectivity index (χ2n) is 6.04. The van der Waals surface area contributed by atoms with Gasteiger partial charge in [-0.05, 0) is 57.5 Å². The zero-order valence-electron chi connectivity index (χ0n) is 10.7. The molecule has 0 radical (unpaired) electrons. The van der Waals surface area contributed by atoms with E-state index in [1.165, 1.54) is 58.0 Å². The van der Waals surface area contributed by atoms with E-state index in [2.05, 4.69) is 4.90 Å². The Morgan fingerprint density at radius 1 is 1.06 bits per heavy atom. The van der Waals surface area contributed by atoms with Gasteiger partial charge in [-0.2, -0.15) is 0 Å². The van der Waals surface area contributed by atoms with Crippen molar-refractivity contribution in [2.45, 2.75) is 64.4 Å². The first-order valence-corrected chi connectivity index (χ1v) is 7.11. The van der Waals surface area contributed by atoms with Gasteiger partial charge in [-0.1, -0.05) is 19.3 Å². The number of piperidine rings is 1. The third kappa shape index (κ3) is 3.21. The van der Waals surface area contributed by atoms with E-state index in [9.17, 15) is 5.11 Å². The Balaban J connectivity index is 1.73. The summed E-state index contributed by atoms with van der Waals surface area (Å²) in [5.41, 5.74) is 0.722. The van der Waals surface area contributed by atoms with Crippen LogP contribution < -0.4 is 0 Å². The zero-order valence-corrected chi connectivity index (χ0v) is 10.7. The van der Waals surface area contributed by atoms with Crippen molar-refractivity contribution >= 4 is 0 Å². The summed E-state index contributed by atoms with van der Waals surface area (Å²) in [4.78, 5) is 2.55. The highest BCUT2D eigenvalue weighted by Crippen LogP contribution is 2.44. The van der Waals surface area contributed by atoms with Crippen molar-refractivity contribution in [2.24, 2.45) is 5.41 Å². The average Bonchev–Trinajstić information content (AvgIpc) is 2.29. The first-order chi connectivity index (χ1) is 7.70. The average molecular weight is 225 g/mol. The molecule has 1 spiro atoms. The Labute approximate surface area is 100 Å². The standard InChI is InChI=1S/C14H27NO/c1-13(16)5-10-15-11-8-14(9-12-15)6-3-2-4-7-14/h13,16H,2-12H2,1H3. The van der Waals surface area contributed by atoms with Crippen LogP contribution in [0.1, 0.15) is 58.3 Å². The first kappa shape index (κ1) is 12.4. The maximum absolute atomic E-state index is 9.30. The number of aliphatic hydroxyl groups excluding tert-OH is 1. The number of hydrogen-bond donors (Lipinski definition) is 1. The van der Waals surface area contributed by atoms with Crippen LogP contribution in [0.4, 0.5) is 0 Å². The van der Waals surface area contributed by atoms with Crippen molar-refractivity contribution < 1.29 is 5.11 Å². The van der Waals surface area contributed by atoms with Crippen LogP contribution in [0.3, 0.4) is 0 Å². The summed E-state index contributed by atoms with van der Waals surface area (Å²) < 4.78 is 0. The number of hydrogen-bond acceptors (Lipinski definition) is 2. The van der Waals surface area contributed by atoms with E-state index in [0.717, 1.165) is 18.4 Å². The third-order valence-corrected chi connectivity index (χ3v) is 4.69. The van der Waals surface area contributed by atoms with E-state index in [0.29, 0.717) is 0 Å². The Morgan fingerprint density at radius 3 is 2.25 bits per heavy atom. The predicted octanol–water partition coefficient (Wildman–Crippen LogP) is 2.80. The molecule has 1 aliphatic heterocycles. The lowest BCUT2D eigenvalue weighted by molar-refractivity contribution is 0.0592. The van der Waals surface area contributed by atoms with Crippen LogP contribution in [-0.2, 0) is 0 Å². The maximum atomic E-state index is 9.30. The fourth-order valence-corrected chi connectivity index (χ4v) is 3.42. The molecule has 2 rings (SSSR count). The lowest BCUT2D eigenvalue weighted by Crippen LogP contribution is -2.41. The minimum absolute atomic E-state index is 0.134. The van der Waals surface area contributed by atoms with Crippen molar-refractivity contribution in [3.8, 4) is 0 Å². The summed E-state index contributed by atoms with van der Waals surface area (Å²) in [7, 11) is 0. The molecule has 2 aliphatic rings. The van der Waals surface area contributed by atoms with Crippen molar-refractivity contribution in [3.63, 3.8) is 0 Å². The van der Waals surface area contributed by atoms with Crippen LogP contribution in [0.2, 0.25) is 0 Å². The van der Waals surface area contributed by atoms with E-state index in [1.54, 1.807) is 0 Å². The van der Waals surface area contributed by atoms with Crippen molar-refractivity contribution in [1.29, 1.82) is 0 Å². The van der Waals surface area contributed by atoms with Crippen molar-refractivity contribution in [1.82, 2.24) is 4.90 Å². The summed E-state index contributed by atoms with van der Waals surface area (Å²) in [6.07, 6.45) is 11.0. The Bertz CT molecular complexity index is 199. The van der Waals surface area contributed by atoms with Gasteiger partial charge in [-0.25, -0.2) is 0 Å². The highest BCUT2D eigenvalue weighted by atomic mass is 16.3. The molecular formula is C14H27NO. The van der Waals surface area contributed by atoms with Crippen LogP contribution in [-0.4, -0.2) is 35.7 Å². The predicted molar refractivity (Wildman–Crippen MR) is 67.5 cm³/mol. The fourth-order valence-electron chi connectivity index (χ4n) is 3.42. The molecule has 0 amide bonds. The molecule has 2 fully saturated rings. The molecule has 1 N–H and O–H groups in total. The summed E-state index contributed by atoms with van der Waals surface area (Å²) in [5, 5.41) is 9.30. The van der Waals surface area contributed by atoms with Gasteiger partial charge in [0.25, 0.3) is 0 Å². The van der Waals surface area contributed by atoms with Gasteiger partial charge < -0.3 is 10.0 Å². The monoisotopic (exact) mass is 225 g/mol. The Hall–Kier alpha value is -0.0800. The maximum Gasteiger partial charge on any atom is 0.0524 e. The number of nitrogens with zero attached hydrogens (tertiary/aromatic N) is 1. The molecule has 16 heavy (non-hydrogen) atoms. The normalized spacial score (nSPS) is 28.1. The lowest BCUT2D eigenvalue weighted by Gasteiger charge is -2.44. The quantitative estimate of drug-likeness (QED) is 0.798. The van der Waals surface area contributed by atoms with Gasteiger partial charge in [0.15, 0.2) is 0 Å². The highest BCUT2D eigenvalue weighted by molar-refractivity contribution is 4.88. The van der Waals surface area contributed by atoms with Crippen LogP contribution in [0.25, 0.3) is 0 Å². The summed E-state index contributed by atoms with van der Waals surface area (Å²) in [6.45, 7) is 5.53. The summed E-state index contributed by atoms with van der Waals surface area (Å²) in [6, 6.07) is 0. The Morgan fingerprint density at radius 2 is 1.69 bits per heavy atom. The van der Waals surface area contributed by atoms with Gasteiger partial charge in [0, 0.05) is 6.54 Å². The van der Waals surface area contributed by atoms with E-state index >= 15 is 0 Å². The number of likely N-dealkylation sites (tertiary alicyclic amines) is 1. The molecule has 1 heterocycles. The van der Waals surface area contributed by atoms with Gasteiger partial charge in [0.05, 0.1) is 6.10 Å². The van der Waals surface area contributed by atoms with Gasteiger partial charge in [-0.15, -0.1) is 0 Å². The molecule has 94 valence electrons. The Kier molecular flexibility index (Phi) is 4.26. The van der Waals surface area contributed by atoms with Crippen LogP contribution >= 0.6 is 0 Å². The smallest absolute Gasteiger partial charge is 0.0524 e. The van der Waals surface area contributed by atoms with Gasteiger partial charge >= 0.3 is 0 Å². The summed E-state index contributed by atoms with van der Waals surface area (Å²) in [5.74, 6) is 0. The third-order valence-electron chi connectivity index (χ3n) is 4.69. The second kappa shape index (κ2) is 5.50. The molecule has 0 bridgehead atoms. The second-order valence-corrected chi connectivity index (χ2v) is 6.04. The molecule has 0 aromatic carbocycles. The van der Waals surface area contributed by atoms with Crippen molar-refractivity contribution in [3.05, 3.63) is 0 Å². The molecule has 1 aliphatic carbocycles. The lowest BCUT2D eigenvalue weighted by atomic mass is 9.68. The minimum atomic E-state index is -0.134. The molecule has 2 heteroatoms. The molecule has 0 aromatic rings. The highest BCUT2D eigenvalue weighted by Gasteiger charge is 2.35. The SMILES string of the molecule is CC(O)CCN1CCC2(CCCCC2)CC1. The fraction of sp³-hybridized carbons (Fsp3) is 1.00. The first-order valence-electron chi connectivity index (χ1n) is 7.11. The molecule has 0 aromatic heterocycles. The molecule has 1 unspecified atom stereocenters. The van der Waals surface area contributed by atoms with Crippen LogP contribution in [0.15, 0.2) is 0 Å². The minimum Gasteiger partial charge on any atom is -0.393 e. The van der Waals surface area contributed by atoms with Crippen molar-refractivity contribution in [2.75, 3.05) is 19.6 Å². The number of rotatable bonds is 3. The topological polar surface area (TPSA) is 23.5 Å². The van der Waals surface area contributed by atoms with Gasteiger partial charge in [-0.3, -0.25) is 0 Å². The molecule has 1 atom stereocenters. The molecular weight excluding hydrogens is 198 g/mol. The van der Waals surface area contributed by atoms with E-state index in [-0.39, 0.29) is 6.10 Å². The van der Waals surface area contributed by atoms with Gasteiger partial charge in [0.1, 0.15) is 0 Å². The zero-order chi connectivity index (χ0) is 11.4. The number of aliphatic hydroxyl groups is 1. The van der Waals surface area contributed by atoms with Crippen LogP contribution in [0, 0.1) is 5.41 Å².